The maximum Gasteiger partial charge on any atom is 0.416 e. The van der Waals surface area contributed by atoms with E-state index in [1.54, 1.807) is 18.2 Å². The molecule has 1 unspecified atom stereocenters. The van der Waals surface area contributed by atoms with E-state index in [-0.39, 0.29) is 11.9 Å². The first kappa shape index (κ1) is 28.3. The first-order valence-electron chi connectivity index (χ1n) is 12.7. The standard InChI is InChI=1S/C29H30Cl2F3N3O/c30-24-15-25(31)17-27(16-24)37-28(38)36-18-22(13-14-35-26-3-1-2-4-26)21-7-5-19(6-8-21)20-9-11-23(12-10-20)29(32,33)34/h5-12,15-17,22,26,35H,1-4,13-14,18H2,(H2,36,37,38). The number of urea groups is 1. The topological polar surface area (TPSA) is 53.2 Å². The molecule has 202 valence electrons. The van der Waals surface area contributed by atoms with Gasteiger partial charge >= 0.3 is 12.2 Å². The Hall–Kier alpha value is -2.74. The fraction of sp³-hybridized carbons (Fsp3) is 0.345. The lowest BCUT2D eigenvalue weighted by atomic mass is 9.93. The van der Waals surface area contributed by atoms with Gasteiger partial charge in [-0.05, 0) is 72.8 Å². The van der Waals surface area contributed by atoms with Crippen molar-refractivity contribution in [3.8, 4) is 11.1 Å². The van der Waals surface area contributed by atoms with E-state index < -0.39 is 11.7 Å². The van der Waals surface area contributed by atoms with Gasteiger partial charge in [0.1, 0.15) is 0 Å². The summed E-state index contributed by atoms with van der Waals surface area (Å²) < 4.78 is 38.7. The number of nitrogens with one attached hydrogen (secondary N) is 3. The summed E-state index contributed by atoms with van der Waals surface area (Å²) in [4.78, 5) is 12.6. The van der Waals surface area contributed by atoms with Crippen molar-refractivity contribution in [3.63, 3.8) is 0 Å². The molecule has 1 aliphatic rings. The predicted molar refractivity (Wildman–Crippen MR) is 148 cm³/mol. The zero-order valence-corrected chi connectivity index (χ0v) is 22.3. The van der Waals surface area contributed by atoms with Crippen LogP contribution in [0.2, 0.25) is 10.0 Å². The third-order valence-electron chi connectivity index (χ3n) is 6.84. The Kier molecular flexibility index (Phi) is 9.58. The molecule has 1 saturated carbocycles. The molecule has 0 aliphatic heterocycles. The Morgan fingerprint density at radius 2 is 1.47 bits per heavy atom. The Morgan fingerprint density at radius 3 is 2.05 bits per heavy atom. The molecule has 4 nitrogen and oxygen atoms in total. The third-order valence-corrected chi connectivity index (χ3v) is 7.27. The molecule has 38 heavy (non-hydrogen) atoms. The van der Waals surface area contributed by atoms with Crippen molar-refractivity contribution in [2.45, 2.75) is 50.2 Å². The van der Waals surface area contributed by atoms with Gasteiger partial charge in [-0.15, -0.1) is 0 Å². The third kappa shape index (κ3) is 8.13. The van der Waals surface area contributed by atoms with Crippen molar-refractivity contribution in [1.82, 2.24) is 10.6 Å². The van der Waals surface area contributed by atoms with Crippen molar-refractivity contribution in [2.24, 2.45) is 0 Å². The van der Waals surface area contributed by atoms with Crippen LogP contribution in [0.1, 0.15) is 49.1 Å². The zero-order valence-electron chi connectivity index (χ0n) is 20.8. The Labute approximate surface area is 230 Å². The number of alkyl halides is 3. The highest BCUT2D eigenvalue weighted by Crippen LogP contribution is 2.31. The lowest BCUT2D eigenvalue weighted by Crippen LogP contribution is -2.34. The zero-order chi connectivity index (χ0) is 27.1. The van der Waals surface area contributed by atoms with E-state index in [0.29, 0.717) is 33.9 Å². The van der Waals surface area contributed by atoms with Crippen LogP contribution in [0.5, 0.6) is 0 Å². The highest BCUT2D eigenvalue weighted by molar-refractivity contribution is 6.35. The number of hydrogen-bond donors (Lipinski definition) is 3. The second-order valence-electron chi connectivity index (χ2n) is 9.61. The minimum Gasteiger partial charge on any atom is -0.337 e. The fourth-order valence-corrected chi connectivity index (χ4v) is 5.32. The van der Waals surface area contributed by atoms with Gasteiger partial charge in [-0.25, -0.2) is 4.79 Å². The van der Waals surface area contributed by atoms with Gasteiger partial charge in [0.2, 0.25) is 0 Å². The van der Waals surface area contributed by atoms with Crippen molar-refractivity contribution in [3.05, 3.63) is 87.9 Å². The normalized spacial score (nSPS) is 14.9. The number of amides is 2. The van der Waals surface area contributed by atoms with E-state index in [1.807, 2.05) is 24.3 Å². The van der Waals surface area contributed by atoms with Gasteiger partial charge < -0.3 is 16.0 Å². The van der Waals surface area contributed by atoms with Crippen molar-refractivity contribution in [2.75, 3.05) is 18.4 Å². The predicted octanol–water partition coefficient (Wildman–Crippen LogP) is 8.51. The smallest absolute Gasteiger partial charge is 0.337 e. The summed E-state index contributed by atoms with van der Waals surface area (Å²) in [6.45, 7) is 1.23. The number of hydrogen-bond acceptors (Lipinski definition) is 2. The highest BCUT2D eigenvalue weighted by Gasteiger charge is 2.30. The quantitative estimate of drug-likeness (QED) is 0.244. The van der Waals surface area contributed by atoms with Crippen LogP contribution in [-0.2, 0) is 6.18 Å². The van der Waals surface area contributed by atoms with E-state index >= 15 is 0 Å². The molecule has 0 spiro atoms. The van der Waals surface area contributed by atoms with E-state index in [0.717, 1.165) is 36.2 Å². The molecule has 3 N–H and O–H groups in total. The number of benzene rings is 3. The van der Waals surface area contributed by atoms with Crippen LogP contribution in [0, 0.1) is 0 Å². The lowest BCUT2D eigenvalue weighted by molar-refractivity contribution is -0.137. The maximum atomic E-state index is 12.9. The van der Waals surface area contributed by atoms with E-state index in [9.17, 15) is 18.0 Å². The molecule has 0 radical (unpaired) electrons. The lowest BCUT2D eigenvalue weighted by Gasteiger charge is -2.21. The number of carbonyl (C=O) groups is 1. The first-order chi connectivity index (χ1) is 18.2. The van der Waals surface area contributed by atoms with Crippen molar-refractivity contribution >= 4 is 34.9 Å². The summed E-state index contributed by atoms with van der Waals surface area (Å²) >= 11 is 12.0. The molecule has 1 atom stereocenters. The van der Waals surface area contributed by atoms with Gasteiger partial charge in [-0.2, -0.15) is 13.2 Å². The SMILES string of the molecule is O=C(NCC(CCNC1CCCC1)c1ccc(-c2ccc(C(F)(F)F)cc2)cc1)Nc1cc(Cl)cc(Cl)c1. The molecule has 2 amide bonds. The average molecular weight is 564 g/mol. The first-order valence-corrected chi connectivity index (χ1v) is 13.4. The largest absolute Gasteiger partial charge is 0.416 e. The fourth-order valence-electron chi connectivity index (χ4n) is 4.79. The summed E-state index contributed by atoms with van der Waals surface area (Å²) in [5.74, 6) is 0.0410. The molecule has 0 saturated heterocycles. The van der Waals surface area contributed by atoms with Crippen LogP contribution in [0.25, 0.3) is 11.1 Å². The second kappa shape index (κ2) is 12.9. The summed E-state index contributed by atoms with van der Waals surface area (Å²) in [6, 6.07) is 17.9. The molecule has 0 aromatic heterocycles. The van der Waals surface area contributed by atoms with Crippen LogP contribution < -0.4 is 16.0 Å². The minimum absolute atomic E-state index is 0.0410. The molecular formula is C29H30Cl2F3N3O. The molecule has 0 heterocycles. The molecule has 3 aromatic carbocycles. The Balaban J connectivity index is 1.42. The van der Waals surface area contributed by atoms with Crippen LogP contribution in [0.4, 0.5) is 23.7 Å². The van der Waals surface area contributed by atoms with Gasteiger partial charge in [0.25, 0.3) is 0 Å². The molecular weight excluding hydrogens is 534 g/mol. The van der Waals surface area contributed by atoms with Crippen LogP contribution >= 0.6 is 23.2 Å². The summed E-state index contributed by atoms with van der Waals surface area (Å²) in [5, 5.41) is 10.2. The molecule has 9 heteroatoms. The number of halogens is 5. The van der Waals surface area contributed by atoms with Gasteiger partial charge in [0.05, 0.1) is 5.56 Å². The summed E-state index contributed by atoms with van der Waals surface area (Å²) in [5.41, 5.74) is 2.41. The summed E-state index contributed by atoms with van der Waals surface area (Å²) in [6.07, 6.45) is 1.34. The maximum absolute atomic E-state index is 12.9. The molecule has 0 bridgehead atoms. The minimum atomic E-state index is -4.36. The highest BCUT2D eigenvalue weighted by atomic mass is 35.5. The monoisotopic (exact) mass is 563 g/mol. The van der Waals surface area contributed by atoms with Crippen LogP contribution in [0.15, 0.2) is 66.7 Å². The van der Waals surface area contributed by atoms with Crippen LogP contribution in [-0.4, -0.2) is 25.2 Å². The molecule has 1 fully saturated rings. The Morgan fingerprint density at radius 1 is 0.895 bits per heavy atom. The van der Waals surface area contributed by atoms with Gasteiger partial charge in [0.15, 0.2) is 0 Å². The number of anilines is 1. The van der Waals surface area contributed by atoms with E-state index in [1.165, 1.54) is 37.8 Å². The number of carbonyl (C=O) groups excluding carboxylic acids is 1. The van der Waals surface area contributed by atoms with Crippen molar-refractivity contribution < 1.29 is 18.0 Å². The van der Waals surface area contributed by atoms with Gasteiger partial charge in [-0.3, -0.25) is 0 Å². The van der Waals surface area contributed by atoms with Gasteiger partial charge in [-0.1, -0.05) is 72.4 Å². The molecule has 4 rings (SSSR count). The second-order valence-corrected chi connectivity index (χ2v) is 10.5. The van der Waals surface area contributed by atoms with E-state index in [2.05, 4.69) is 16.0 Å². The van der Waals surface area contributed by atoms with Crippen molar-refractivity contribution in [1.29, 1.82) is 0 Å². The average Bonchev–Trinajstić information content (AvgIpc) is 3.39. The van der Waals surface area contributed by atoms with Gasteiger partial charge in [0, 0.05) is 34.2 Å². The van der Waals surface area contributed by atoms with E-state index in [4.69, 9.17) is 23.2 Å². The Bertz CT molecular complexity index is 1190. The summed E-state index contributed by atoms with van der Waals surface area (Å²) in [7, 11) is 0. The number of rotatable bonds is 9. The van der Waals surface area contributed by atoms with Crippen LogP contribution in [0.3, 0.4) is 0 Å². The molecule has 1 aliphatic carbocycles. The molecule has 3 aromatic rings.